The first-order chi connectivity index (χ1) is 8.79. The van der Waals surface area contributed by atoms with Crippen molar-refractivity contribution >= 4 is 18.1 Å². The van der Waals surface area contributed by atoms with Gasteiger partial charge in [0.2, 0.25) is 0 Å². The van der Waals surface area contributed by atoms with E-state index >= 15 is 0 Å². The molecular formula is C16H14O2. The topological polar surface area (TPSA) is 26.3 Å². The normalized spacial score (nSPS) is 10.5. The summed E-state index contributed by atoms with van der Waals surface area (Å²) < 4.78 is 4.65. The molecule has 2 nitrogen and oxygen atoms in total. The Kier molecular flexibility index (Phi) is 3.92. The van der Waals surface area contributed by atoms with Crippen LogP contribution in [0.3, 0.4) is 0 Å². The van der Waals surface area contributed by atoms with Crippen LogP contribution in [-0.4, -0.2) is 13.1 Å². The Morgan fingerprint density at radius 1 is 0.889 bits per heavy atom. The molecule has 0 aliphatic carbocycles. The van der Waals surface area contributed by atoms with Gasteiger partial charge in [-0.15, -0.1) is 0 Å². The number of methoxy groups -OCH3 is 1. The van der Waals surface area contributed by atoms with Crippen LogP contribution in [0.4, 0.5) is 0 Å². The van der Waals surface area contributed by atoms with Crippen LogP contribution in [-0.2, 0) is 4.74 Å². The Morgan fingerprint density at radius 3 is 2.00 bits per heavy atom. The van der Waals surface area contributed by atoms with Crippen LogP contribution < -0.4 is 0 Å². The zero-order chi connectivity index (χ0) is 12.8. The van der Waals surface area contributed by atoms with Gasteiger partial charge in [0, 0.05) is 0 Å². The highest BCUT2D eigenvalue weighted by Gasteiger charge is 2.02. The van der Waals surface area contributed by atoms with Gasteiger partial charge in [0.1, 0.15) is 0 Å². The molecule has 0 unspecified atom stereocenters. The van der Waals surface area contributed by atoms with Crippen LogP contribution in [0.1, 0.15) is 21.5 Å². The van der Waals surface area contributed by atoms with Crippen molar-refractivity contribution in [2.45, 2.75) is 0 Å². The smallest absolute Gasteiger partial charge is 0.337 e. The molecule has 0 atom stereocenters. The third-order valence-electron chi connectivity index (χ3n) is 2.60. The fourth-order valence-corrected chi connectivity index (χ4v) is 1.60. The van der Waals surface area contributed by atoms with Crippen molar-refractivity contribution < 1.29 is 9.53 Å². The van der Waals surface area contributed by atoms with Crippen molar-refractivity contribution in [2.24, 2.45) is 0 Å². The molecule has 0 amide bonds. The summed E-state index contributed by atoms with van der Waals surface area (Å²) in [4.78, 5) is 11.3. The summed E-state index contributed by atoms with van der Waals surface area (Å²) in [5.74, 6) is -0.311. The quantitative estimate of drug-likeness (QED) is 0.602. The highest BCUT2D eigenvalue weighted by atomic mass is 16.5. The Hall–Kier alpha value is -2.35. The van der Waals surface area contributed by atoms with Gasteiger partial charge < -0.3 is 4.74 Å². The van der Waals surface area contributed by atoms with E-state index in [0.717, 1.165) is 11.1 Å². The summed E-state index contributed by atoms with van der Waals surface area (Å²) in [6.07, 6.45) is 4.05. The lowest BCUT2D eigenvalue weighted by Crippen LogP contribution is -2.00. The van der Waals surface area contributed by atoms with Gasteiger partial charge in [-0.05, 0) is 23.3 Å². The van der Waals surface area contributed by atoms with Crippen LogP contribution in [0.2, 0.25) is 0 Å². The van der Waals surface area contributed by atoms with Crippen LogP contribution >= 0.6 is 0 Å². The van der Waals surface area contributed by atoms with Crippen molar-refractivity contribution in [2.75, 3.05) is 7.11 Å². The van der Waals surface area contributed by atoms with E-state index in [1.807, 2.05) is 54.6 Å². The summed E-state index contributed by atoms with van der Waals surface area (Å²) in [5, 5.41) is 0. The first-order valence-electron chi connectivity index (χ1n) is 5.71. The summed E-state index contributed by atoms with van der Waals surface area (Å²) >= 11 is 0. The van der Waals surface area contributed by atoms with E-state index < -0.39 is 0 Å². The van der Waals surface area contributed by atoms with E-state index in [2.05, 4.69) is 4.74 Å². The SMILES string of the molecule is COC(=O)c1ccc(/C=C\c2ccccc2)cc1. The van der Waals surface area contributed by atoms with E-state index in [-0.39, 0.29) is 5.97 Å². The van der Waals surface area contributed by atoms with Crippen molar-refractivity contribution in [1.82, 2.24) is 0 Å². The Bertz CT molecular complexity index is 539. The maximum atomic E-state index is 11.3. The minimum absolute atomic E-state index is 0.311. The highest BCUT2D eigenvalue weighted by molar-refractivity contribution is 5.89. The summed E-state index contributed by atoms with van der Waals surface area (Å²) in [7, 11) is 1.38. The Labute approximate surface area is 107 Å². The average Bonchev–Trinajstić information content (AvgIpc) is 2.46. The number of hydrogen-bond acceptors (Lipinski definition) is 2. The molecule has 90 valence electrons. The first kappa shape index (κ1) is 12.1. The maximum Gasteiger partial charge on any atom is 0.337 e. The molecule has 0 radical (unpaired) electrons. The van der Waals surface area contributed by atoms with Gasteiger partial charge in [0.25, 0.3) is 0 Å². The van der Waals surface area contributed by atoms with Crippen molar-refractivity contribution in [1.29, 1.82) is 0 Å². The van der Waals surface area contributed by atoms with E-state index in [4.69, 9.17) is 0 Å². The van der Waals surface area contributed by atoms with E-state index in [1.165, 1.54) is 7.11 Å². The Balaban J connectivity index is 2.11. The van der Waals surface area contributed by atoms with E-state index in [0.29, 0.717) is 5.56 Å². The van der Waals surface area contributed by atoms with Crippen LogP contribution in [0, 0.1) is 0 Å². The van der Waals surface area contributed by atoms with Gasteiger partial charge in [-0.3, -0.25) is 0 Å². The molecule has 0 aliphatic heterocycles. The number of benzene rings is 2. The van der Waals surface area contributed by atoms with Gasteiger partial charge >= 0.3 is 5.97 Å². The zero-order valence-corrected chi connectivity index (χ0v) is 10.2. The van der Waals surface area contributed by atoms with Crippen molar-refractivity contribution in [3.63, 3.8) is 0 Å². The van der Waals surface area contributed by atoms with E-state index in [1.54, 1.807) is 12.1 Å². The summed E-state index contributed by atoms with van der Waals surface area (Å²) in [6, 6.07) is 17.4. The fraction of sp³-hybridized carbons (Fsp3) is 0.0625. The number of esters is 1. The van der Waals surface area contributed by atoms with Gasteiger partial charge in [-0.25, -0.2) is 4.79 Å². The molecule has 0 saturated heterocycles. The molecule has 0 N–H and O–H groups in total. The number of carbonyl (C=O) groups excluding carboxylic acids is 1. The molecule has 0 aromatic heterocycles. The zero-order valence-electron chi connectivity index (χ0n) is 10.2. The fourth-order valence-electron chi connectivity index (χ4n) is 1.60. The van der Waals surface area contributed by atoms with E-state index in [9.17, 15) is 4.79 Å². The molecular weight excluding hydrogens is 224 g/mol. The molecule has 2 aromatic rings. The molecule has 0 aliphatic rings. The summed E-state index contributed by atoms with van der Waals surface area (Å²) in [5.41, 5.74) is 2.76. The summed E-state index contributed by atoms with van der Waals surface area (Å²) in [6.45, 7) is 0. The second-order valence-electron chi connectivity index (χ2n) is 3.86. The van der Waals surface area contributed by atoms with Gasteiger partial charge in [-0.2, -0.15) is 0 Å². The molecule has 0 heterocycles. The second kappa shape index (κ2) is 5.82. The lowest BCUT2D eigenvalue weighted by Gasteiger charge is -1.99. The van der Waals surface area contributed by atoms with Crippen LogP contribution in [0.15, 0.2) is 54.6 Å². The standard InChI is InChI=1S/C16H14O2/c1-18-16(17)15-11-9-14(10-12-15)8-7-13-5-3-2-4-6-13/h2-12H,1H3/b8-7-. The second-order valence-corrected chi connectivity index (χ2v) is 3.86. The molecule has 0 bridgehead atoms. The molecule has 2 aromatic carbocycles. The van der Waals surface area contributed by atoms with Crippen LogP contribution in [0.25, 0.3) is 12.2 Å². The largest absolute Gasteiger partial charge is 0.465 e. The lowest BCUT2D eigenvalue weighted by molar-refractivity contribution is 0.0601. The van der Waals surface area contributed by atoms with Crippen molar-refractivity contribution in [3.8, 4) is 0 Å². The molecule has 2 rings (SSSR count). The molecule has 2 heteroatoms. The van der Waals surface area contributed by atoms with Gasteiger partial charge in [-0.1, -0.05) is 54.6 Å². The maximum absolute atomic E-state index is 11.3. The third-order valence-corrected chi connectivity index (χ3v) is 2.60. The third kappa shape index (κ3) is 3.08. The minimum Gasteiger partial charge on any atom is -0.465 e. The van der Waals surface area contributed by atoms with Gasteiger partial charge in [0.05, 0.1) is 12.7 Å². The number of hydrogen-bond donors (Lipinski definition) is 0. The predicted octanol–water partition coefficient (Wildman–Crippen LogP) is 3.64. The molecule has 18 heavy (non-hydrogen) atoms. The molecule has 0 fully saturated rings. The minimum atomic E-state index is -0.311. The highest BCUT2D eigenvalue weighted by Crippen LogP contribution is 2.10. The first-order valence-corrected chi connectivity index (χ1v) is 5.71. The predicted molar refractivity (Wildman–Crippen MR) is 73.2 cm³/mol. The number of rotatable bonds is 3. The van der Waals surface area contributed by atoms with Crippen LogP contribution in [0.5, 0.6) is 0 Å². The molecule has 0 spiro atoms. The lowest BCUT2D eigenvalue weighted by atomic mass is 10.1. The number of ether oxygens (including phenoxy) is 1. The monoisotopic (exact) mass is 238 g/mol. The van der Waals surface area contributed by atoms with Gasteiger partial charge in [0.15, 0.2) is 0 Å². The van der Waals surface area contributed by atoms with Crippen molar-refractivity contribution in [3.05, 3.63) is 71.3 Å². The number of carbonyl (C=O) groups is 1. The average molecular weight is 238 g/mol. The Morgan fingerprint density at radius 2 is 1.44 bits per heavy atom. The molecule has 0 saturated carbocycles.